The Morgan fingerprint density at radius 1 is 1.19 bits per heavy atom. The Morgan fingerprint density at radius 3 is 2.00 bits per heavy atom. The van der Waals surface area contributed by atoms with Crippen molar-refractivity contribution in [2.45, 2.75) is 46.3 Å². The highest BCUT2D eigenvalue weighted by Crippen LogP contribution is 2.07. The number of nitrogens with one attached hydrogen (secondary N) is 1. The Balaban J connectivity index is 4.40. The maximum Gasteiger partial charge on any atom is 0.326 e. The minimum atomic E-state index is -1.16. The van der Waals surface area contributed by atoms with Crippen LogP contribution in [-0.2, 0) is 9.59 Å². The average molecular weight is 231 g/mol. The van der Waals surface area contributed by atoms with Gasteiger partial charge in [0, 0.05) is 0 Å². The molecule has 0 fully saturated rings. The molecule has 1 amide bonds. The van der Waals surface area contributed by atoms with E-state index in [0.717, 1.165) is 0 Å². The highest BCUT2D eigenvalue weighted by atomic mass is 16.4. The van der Waals surface area contributed by atoms with E-state index in [1.807, 2.05) is 13.8 Å². The predicted molar refractivity (Wildman–Crippen MR) is 59.9 cm³/mol. The summed E-state index contributed by atoms with van der Waals surface area (Å²) in [6.07, 6.45) is -0.805. The SMILES string of the molecule is CC(C)C[C@H](NC(=O)[C@@H](O)C(C)C)C(=O)O. The molecule has 0 aliphatic rings. The summed E-state index contributed by atoms with van der Waals surface area (Å²) in [5, 5.41) is 20.7. The van der Waals surface area contributed by atoms with Crippen LogP contribution in [0.4, 0.5) is 0 Å². The van der Waals surface area contributed by atoms with Gasteiger partial charge in [-0.1, -0.05) is 27.7 Å². The molecule has 94 valence electrons. The van der Waals surface area contributed by atoms with Crippen LogP contribution in [0, 0.1) is 11.8 Å². The fourth-order valence-corrected chi connectivity index (χ4v) is 1.25. The predicted octanol–water partition coefficient (Wildman–Crippen LogP) is 0.619. The summed E-state index contributed by atoms with van der Waals surface area (Å²) in [7, 11) is 0. The average Bonchev–Trinajstić information content (AvgIpc) is 2.14. The first-order chi connectivity index (χ1) is 7.25. The van der Waals surface area contributed by atoms with Crippen molar-refractivity contribution in [3.8, 4) is 0 Å². The summed E-state index contributed by atoms with van der Waals surface area (Å²) in [4.78, 5) is 22.3. The molecule has 0 aromatic heterocycles. The molecule has 0 aromatic carbocycles. The molecule has 5 heteroatoms. The van der Waals surface area contributed by atoms with Gasteiger partial charge in [0.1, 0.15) is 12.1 Å². The van der Waals surface area contributed by atoms with E-state index in [4.69, 9.17) is 5.11 Å². The molecule has 0 heterocycles. The first-order valence-corrected chi connectivity index (χ1v) is 5.47. The molecule has 0 radical (unpaired) electrons. The molecule has 0 spiro atoms. The third-order valence-corrected chi connectivity index (χ3v) is 2.22. The van der Waals surface area contributed by atoms with Gasteiger partial charge in [-0.3, -0.25) is 4.79 Å². The zero-order chi connectivity index (χ0) is 12.9. The molecule has 5 nitrogen and oxygen atoms in total. The maximum absolute atomic E-state index is 11.5. The van der Waals surface area contributed by atoms with Crippen LogP contribution in [0.5, 0.6) is 0 Å². The largest absolute Gasteiger partial charge is 0.480 e. The molecule has 3 N–H and O–H groups in total. The Kier molecular flexibility index (Phi) is 6.03. The number of carboxylic acid groups (broad SMARTS) is 1. The van der Waals surface area contributed by atoms with Gasteiger partial charge >= 0.3 is 5.97 Å². The number of carboxylic acids is 1. The van der Waals surface area contributed by atoms with Gasteiger partial charge in [0.25, 0.3) is 0 Å². The van der Waals surface area contributed by atoms with Crippen molar-refractivity contribution in [3.05, 3.63) is 0 Å². The van der Waals surface area contributed by atoms with Crippen LogP contribution in [0.1, 0.15) is 34.1 Å². The molecule has 0 bridgehead atoms. The third-order valence-electron chi connectivity index (χ3n) is 2.22. The second-order valence-corrected chi connectivity index (χ2v) is 4.72. The van der Waals surface area contributed by atoms with Gasteiger partial charge in [-0.25, -0.2) is 4.79 Å². The molecule has 0 aliphatic heterocycles. The van der Waals surface area contributed by atoms with Crippen molar-refractivity contribution in [2.75, 3.05) is 0 Å². The molecule has 0 saturated heterocycles. The highest BCUT2D eigenvalue weighted by Gasteiger charge is 2.25. The second-order valence-electron chi connectivity index (χ2n) is 4.72. The van der Waals surface area contributed by atoms with Gasteiger partial charge in [0.2, 0.25) is 5.91 Å². The molecule has 0 saturated carbocycles. The number of aliphatic hydroxyl groups excluding tert-OH is 1. The van der Waals surface area contributed by atoms with Crippen molar-refractivity contribution in [2.24, 2.45) is 11.8 Å². The van der Waals surface area contributed by atoms with E-state index in [2.05, 4.69) is 5.32 Å². The molecular formula is C11H21NO4. The van der Waals surface area contributed by atoms with E-state index in [1.54, 1.807) is 13.8 Å². The molecule has 2 atom stereocenters. The van der Waals surface area contributed by atoms with Crippen LogP contribution < -0.4 is 5.32 Å². The number of carbonyl (C=O) groups excluding carboxylic acids is 1. The number of hydrogen-bond donors (Lipinski definition) is 3. The fraction of sp³-hybridized carbons (Fsp3) is 0.818. The standard InChI is InChI=1S/C11H21NO4/c1-6(2)5-8(11(15)16)12-10(14)9(13)7(3)4/h6-9,13H,5H2,1-4H3,(H,12,14)(H,15,16)/t8-,9-/m0/s1. The maximum atomic E-state index is 11.5. The van der Waals surface area contributed by atoms with E-state index >= 15 is 0 Å². The minimum Gasteiger partial charge on any atom is -0.480 e. The summed E-state index contributed by atoms with van der Waals surface area (Å²) >= 11 is 0. The quantitative estimate of drug-likeness (QED) is 0.625. The molecule has 16 heavy (non-hydrogen) atoms. The first kappa shape index (κ1) is 14.9. The van der Waals surface area contributed by atoms with E-state index in [1.165, 1.54) is 0 Å². The molecular weight excluding hydrogens is 210 g/mol. The van der Waals surface area contributed by atoms with E-state index < -0.39 is 24.0 Å². The Hall–Kier alpha value is -1.10. The third kappa shape index (κ3) is 5.11. The summed E-state index contributed by atoms with van der Waals surface area (Å²) in [5.41, 5.74) is 0. The Morgan fingerprint density at radius 2 is 1.69 bits per heavy atom. The van der Waals surface area contributed by atoms with Crippen molar-refractivity contribution in [1.29, 1.82) is 0 Å². The van der Waals surface area contributed by atoms with E-state index in [0.29, 0.717) is 6.42 Å². The number of carbonyl (C=O) groups is 2. The fourth-order valence-electron chi connectivity index (χ4n) is 1.25. The number of aliphatic hydroxyl groups is 1. The van der Waals surface area contributed by atoms with Crippen LogP contribution in [0.15, 0.2) is 0 Å². The number of rotatable bonds is 6. The summed E-state index contributed by atoms with van der Waals surface area (Å²) in [6, 6.07) is -0.930. The lowest BCUT2D eigenvalue weighted by Gasteiger charge is -2.20. The number of aliphatic carboxylic acids is 1. The molecule has 0 rings (SSSR count). The topological polar surface area (TPSA) is 86.6 Å². The van der Waals surface area contributed by atoms with Crippen LogP contribution in [-0.4, -0.2) is 34.2 Å². The van der Waals surface area contributed by atoms with Crippen LogP contribution in [0.2, 0.25) is 0 Å². The van der Waals surface area contributed by atoms with Gasteiger partial charge in [-0.15, -0.1) is 0 Å². The van der Waals surface area contributed by atoms with Crippen molar-refractivity contribution in [1.82, 2.24) is 5.32 Å². The Labute approximate surface area is 95.9 Å². The number of hydrogen-bond acceptors (Lipinski definition) is 3. The zero-order valence-corrected chi connectivity index (χ0v) is 10.2. The Bertz CT molecular complexity index is 250. The summed E-state index contributed by atoms with van der Waals surface area (Å²) in [5.74, 6) is -1.76. The lowest BCUT2D eigenvalue weighted by molar-refractivity contribution is -0.144. The lowest BCUT2D eigenvalue weighted by Crippen LogP contribution is -2.47. The normalized spacial score (nSPS) is 14.9. The van der Waals surface area contributed by atoms with Crippen LogP contribution in [0.3, 0.4) is 0 Å². The number of amides is 1. The molecule has 0 unspecified atom stereocenters. The van der Waals surface area contributed by atoms with Crippen LogP contribution in [0.25, 0.3) is 0 Å². The molecule has 0 aliphatic carbocycles. The zero-order valence-electron chi connectivity index (χ0n) is 10.2. The summed E-state index contributed by atoms with van der Waals surface area (Å²) in [6.45, 7) is 7.15. The highest BCUT2D eigenvalue weighted by molar-refractivity contribution is 5.86. The monoisotopic (exact) mass is 231 g/mol. The van der Waals surface area contributed by atoms with Crippen molar-refractivity contribution in [3.63, 3.8) is 0 Å². The molecule has 0 aromatic rings. The van der Waals surface area contributed by atoms with Gasteiger partial charge in [-0.05, 0) is 18.3 Å². The second kappa shape index (κ2) is 6.48. The van der Waals surface area contributed by atoms with Crippen molar-refractivity contribution >= 4 is 11.9 Å². The summed E-state index contributed by atoms with van der Waals surface area (Å²) < 4.78 is 0. The first-order valence-electron chi connectivity index (χ1n) is 5.47. The van der Waals surface area contributed by atoms with Gasteiger partial charge in [0.15, 0.2) is 0 Å². The van der Waals surface area contributed by atoms with Crippen molar-refractivity contribution < 1.29 is 19.8 Å². The minimum absolute atomic E-state index is 0.164. The lowest BCUT2D eigenvalue weighted by atomic mass is 10.0. The van der Waals surface area contributed by atoms with Gasteiger partial charge < -0.3 is 15.5 Å². The van der Waals surface area contributed by atoms with E-state index in [-0.39, 0.29) is 11.8 Å². The van der Waals surface area contributed by atoms with E-state index in [9.17, 15) is 14.7 Å². The van der Waals surface area contributed by atoms with Gasteiger partial charge in [0.05, 0.1) is 0 Å². The smallest absolute Gasteiger partial charge is 0.326 e. The van der Waals surface area contributed by atoms with Gasteiger partial charge in [-0.2, -0.15) is 0 Å². The van der Waals surface area contributed by atoms with Crippen LogP contribution >= 0.6 is 0 Å².